The molecule has 11 rings (SSSR count). The van der Waals surface area contributed by atoms with Crippen LogP contribution in [0.2, 0.25) is 0 Å². The first-order valence-corrected chi connectivity index (χ1v) is 19.4. The van der Waals surface area contributed by atoms with Gasteiger partial charge in [-0.3, -0.25) is 0 Å². The zero-order chi connectivity index (χ0) is 38.6. The van der Waals surface area contributed by atoms with Crippen LogP contribution in [-0.2, 0) is 5.41 Å². The molecule has 0 radical (unpaired) electrons. The number of para-hydroxylation sites is 1. The van der Waals surface area contributed by atoms with Gasteiger partial charge < -0.3 is 4.74 Å². The highest BCUT2D eigenvalue weighted by molar-refractivity contribution is 5.91. The van der Waals surface area contributed by atoms with Crippen molar-refractivity contribution in [3.05, 3.63) is 228 Å². The van der Waals surface area contributed by atoms with Crippen molar-refractivity contribution in [1.82, 2.24) is 9.97 Å². The zero-order valence-corrected chi connectivity index (χ0v) is 31.3. The lowest BCUT2D eigenvalue weighted by molar-refractivity contribution is 0.436. The van der Waals surface area contributed by atoms with Crippen LogP contribution in [0.15, 0.2) is 200 Å². The number of benzene rings is 8. The van der Waals surface area contributed by atoms with Crippen LogP contribution >= 0.6 is 0 Å². The number of hydrogen-bond acceptors (Lipinski definition) is 4. The largest absolute Gasteiger partial charge is 0.457 e. The van der Waals surface area contributed by atoms with E-state index >= 15 is 0 Å². The Bertz CT molecular complexity index is 3020. The minimum Gasteiger partial charge on any atom is -0.457 e. The van der Waals surface area contributed by atoms with Gasteiger partial charge in [0.05, 0.1) is 28.4 Å². The number of nitriles is 1. The molecule has 8 aromatic carbocycles. The maximum atomic E-state index is 9.29. The third-order valence-corrected chi connectivity index (χ3v) is 11.6. The van der Waals surface area contributed by atoms with Crippen LogP contribution in [0.5, 0.6) is 11.5 Å². The first-order chi connectivity index (χ1) is 28.7. The average Bonchev–Trinajstić information content (AvgIpc) is 3.59. The molecular weight excluding hydrogens is 707 g/mol. The van der Waals surface area contributed by atoms with Gasteiger partial charge in [0.25, 0.3) is 0 Å². The summed E-state index contributed by atoms with van der Waals surface area (Å²) in [4.78, 5) is 10.4. The van der Waals surface area contributed by atoms with Gasteiger partial charge >= 0.3 is 0 Å². The summed E-state index contributed by atoms with van der Waals surface area (Å²) >= 11 is 0. The van der Waals surface area contributed by atoms with Crippen LogP contribution in [0.4, 0.5) is 0 Å². The summed E-state index contributed by atoms with van der Waals surface area (Å²) in [6.07, 6.45) is 0. The molecule has 1 aromatic heterocycles. The van der Waals surface area contributed by atoms with Crippen LogP contribution in [0.25, 0.3) is 67.3 Å². The third-order valence-electron chi connectivity index (χ3n) is 11.6. The van der Waals surface area contributed by atoms with Crippen LogP contribution in [0, 0.1) is 11.3 Å². The molecule has 58 heavy (non-hydrogen) atoms. The molecular formula is C54H33N3O. The molecule has 0 saturated carbocycles. The van der Waals surface area contributed by atoms with Crippen molar-refractivity contribution in [3.63, 3.8) is 0 Å². The van der Waals surface area contributed by atoms with Gasteiger partial charge in [0.2, 0.25) is 0 Å². The van der Waals surface area contributed by atoms with Gasteiger partial charge in [-0.05, 0) is 93.0 Å². The van der Waals surface area contributed by atoms with E-state index < -0.39 is 5.41 Å². The first-order valence-electron chi connectivity index (χ1n) is 19.4. The Morgan fingerprint density at radius 3 is 1.55 bits per heavy atom. The monoisotopic (exact) mass is 739 g/mol. The molecule has 1 atom stereocenters. The highest BCUT2D eigenvalue weighted by Crippen LogP contribution is 2.62. The van der Waals surface area contributed by atoms with Crippen molar-refractivity contribution in [2.45, 2.75) is 5.41 Å². The van der Waals surface area contributed by atoms with Crippen molar-refractivity contribution < 1.29 is 4.74 Å². The number of rotatable bonds is 5. The van der Waals surface area contributed by atoms with Gasteiger partial charge in [0, 0.05) is 27.8 Å². The normalized spacial score (nSPS) is 14.4. The second-order valence-corrected chi connectivity index (χ2v) is 14.8. The molecule has 2 aliphatic rings. The fraction of sp³-hybridized carbons (Fsp3) is 0.0185. The second kappa shape index (κ2) is 13.4. The third kappa shape index (κ3) is 5.29. The molecule has 0 amide bonds. The van der Waals surface area contributed by atoms with Crippen LogP contribution in [0.1, 0.15) is 27.8 Å². The second-order valence-electron chi connectivity index (χ2n) is 14.8. The highest BCUT2D eigenvalue weighted by atomic mass is 16.5. The van der Waals surface area contributed by atoms with Crippen molar-refractivity contribution in [3.8, 4) is 84.9 Å². The number of ether oxygens (including phenoxy) is 1. The fourth-order valence-corrected chi connectivity index (χ4v) is 8.90. The van der Waals surface area contributed by atoms with Crippen molar-refractivity contribution >= 4 is 0 Å². The van der Waals surface area contributed by atoms with Gasteiger partial charge in [0.15, 0.2) is 5.82 Å². The number of hydrogen-bond donors (Lipinski definition) is 0. The molecule has 1 aliphatic carbocycles. The van der Waals surface area contributed by atoms with E-state index in [0.29, 0.717) is 11.4 Å². The Hall–Kier alpha value is -7.87. The van der Waals surface area contributed by atoms with E-state index in [0.717, 1.165) is 73.0 Å². The first kappa shape index (κ1) is 33.5. The van der Waals surface area contributed by atoms with Crippen LogP contribution in [0.3, 0.4) is 0 Å². The maximum Gasteiger partial charge on any atom is 0.160 e. The molecule has 0 saturated heterocycles. The number of nitrogens with zero attached hydrogens (tertiary/aromatic N) is 3. The van der Waals surface area contributed by atoms with Crippen LogP contribution < -0.4 is 4.74 Å². The molecule has 270 valence electrons. The van der Waals surface area contributed by atoms with Crippen molar-refractivity contribution in [2.75, 3.05) is 0 Å². The SMILES string of the molecule is N#Cc1ccc(-c2ccc(-c3ccc4c(c3)C3(c5ccccc5Oc5ccc(-c6nc(-c7ccccc7)cc(-c7ccccc7)n6)cc53)c3ccccc3-4)cc2)cc1. The summed E-state index contributed by atoms with van der Waals surface area (Å²) in [5.74, 6) is 2.31. The predicted molar refractivity (Wildman–Crippen MR) is 231 cm³/mol. The maximum absolute atomic E-state index is 9.29. The summed E-state index contributed by atoms with van der Waals surface area (Å²) in [5, 5.41) is 9.29. The molecule has 2 heterocycles. The lowest BCUT2D eigenvalue weighted by atomic mass is 9.65. The van der Waals surface area contributed by atoms with E-state index in [-0.39, 0.29) is 0 Å². The van der Waals surface area contributed by atoms with Crippen molar-refractivity contribution in [1.29, 1.82) is 5.26 Å². The predicted octanol–water partition coefficient (Wildman–Crippen LogP) is 13.2. The van der Waals surface area contributed by atoms with E-state index in [1.165, 1.54) is 22.3 Å². The quantitative estimate of drug-likeness (QED) is 0.176. The summed E-state index contributed by atoms with van der Waals surface area (Å²) in [6.45, 7) is 0. The Balaban J connectivity index is 1.11. The van der Waals surface area contributed by atoms with E-state index in [4.69, 9.17) is 14.7 Å². The van der Waals surface area contributed by atoms with Gasteiger partial charge in [-0.1, -0.05) is 152 Å². The van der Waals surface area contributed by atoms with Crippen LogP contribution in [-0.4, -0.2) is 9.97 Å². The molecule has 0 bridgehead atoms. The molecule has 1 unspecified atom stereocenters. The van der Waals surface area contributed by atoms with E-state index in [9.17, 15) is 5.26 Å². The molecule has 1 spiro atoms. The van der Waals surface area contributed by atoms with Gasteiger partial charge in [-0.25, -0.2) is 9.97 Å². The lowest BCUT2D eigenvalue weighted by Crippen LogP contribution is -2.32. The summed E-state index contributed by atoms with van der Waals surface area (Å²) in [6, 6.07) is 72.0. The van der Waals surface area contributed by atoms with Gasteiger partial charge in [-0.2, -0.15) is 5.26 Å². The minimum absolute atomic E-state index is 0.652. The van der Waals surface area contributed by atoms with E-state index in [1.807, 2.05) is 66.7 Å². The standard InChI is InChI=1S/C54H33N3O/c55-34-35-19-21-36(22-20-35)37-23-25-38(26-24-37)41-27-29-44-43-15-7-8-16-45(43)54(47(44)31-41)46-17-9-10-18-51(46)58-52-30-28-42(32-48(52)54)53-56-49(39-11-3-1-4-12-39)33-50(57-53)40-13-5-2-6-14-40/h1-33H. The Morgan fingerprint density at radius 1 is 0.379 bits per heavy atom. The molecule has 4 nitrogen and oxygen atoms in total. The topological polar surface area (TPSA) is 58.8 Å². The smallest absolute Gasteiger partial charge is 0.160 e. The Morgan fingerprint density at radius 2 is 0.879 bits per heavy atom. The zero-order valence-electron chi connectivity index (χ0n) is 31.3. The van der Waals surface area contributed by atoms with E-state index in [1.54, 1.807) is 0 Å². The fourth-order valence-electron chi connectivity index (χ4n) is 8.90. The average molecular weight is 740 g/mol. The molecule has 4 heteroatoms. The molecule has 1 aliphatic heterocycles. The summed E-state index contributed by atoms with van der Waals surface area (Å²) < 4.78 is 6.80. The Labute approximate surface area is 337 Å². The van der Waals surface area contributed by atoms with Gasteiger partial charge in [0.1, 0.15) is 11.5 Å². The molecule has 0 N–H and O–H groups in total. The molecule has 9 aromatic rings. The summed E-state index contributed by atoms with van der Waals surface area (Å²) in [5.41, 5.74) is 16.1. The number of aromatic nitrogens is 2. The van der Waals surface area contributed by atoms with Gasteiger partial charge in [-0.15, -0.1) is 0 Å². The summed E-state index contributed by atoms with van der Waals surface area (Å²) in [7, 11) is 0. The van der Waals surface area contributed by atoms with Crippen molar-refractivity contribution in [2.24, 2.45) is 0 Å². The Kier molecular flexibility index (Phi) is 7.74. The lowest BCUT2D eigenvalue weighted by Gasteiger charge is -2.39. The number of fused-ring (bicyclic) bond motifs is 9. The molecule has 0 fully saturated rings. The minimum atomic E-state index is -0.677. The van der Waals surface area contributed by atoms with E-state index in [2.05, 4.69) is 140 Å². The highest BCUT2D eigenvalue weighted by Gasteiger charge is 2.51.